The van der Waals surface area contributed by atoms with Crippen LogP contribution in [-0.4, -0.2) is 79.6 Å². The Morgan fingerprint density at radius 3 is 2.38 bits per heavy atom. The average molecular weight is 549 g/mol. The number of methoxy groups -OCH3 is 1. The summed E-state index contributed by atoms with van der Waals surface area (Å²) in [7, 11) is 1.67. The molecule has 218 valence electrons. The van der Waals surface area contributed by atoms with Crippen molar-refractivity contribution in [3.8, 4) is 5.75 Å². The van der Waals surface area contributed by atoms with Crippen molar-refractivity contribution in [2.24, 2.45) is 0 Å². The van der Waals surface area contributed by atoms with Gasteiger partial charge in [-0.15, -0.1) is 0 Å². The number of piperazine rings is 1. The molecule has 0 saturated carbocycles. The van der Waals surface area contributed by atoms with E-state index in [-0.39, 0.29) is 11.9 Å². The molecule has 0 atom stereocenters. The molecule has 7 heteroatoms. The van der Waals surface area contributed by atoms with Crippen molar-refractivity contribution in [3.05, 3.63) is 65.7 Å². The monoisotopic (exact) mass is 548 g/mol. The number of carbonyl (C=O) groups is 2. The van der Waals surface area contributed by atoms with Gasteiger partial charge in [-0.2, -0.15) is 0 Å². The molecule has 0 spiro atoms. The number of hydrogen-bond acceptors (Lipinski definition) is 4. The second kappa shape index (κ2) is 17.4. The maximum Gasteiger partial charge on any atom is 0.321 e. The van der Waals surface area contributed by atoms with Crippen LogP contribution in [0.2, 0.25) is 0 Å². The van der Waals surface area contributed by atoms with E-state index >= 15 is 0 Å². The third kappa shape index (κ3) is 10.3. The number of anilines is 1. The van der Waals surface area contributed by atoms with Crippen LogP contribution in [0.1, 0.15) is 63.5 Å². The zero-order chi connectivity index (χ0) is 28.6. The van der Waals surface area contributed by atoms with Gasteiger partial charge in [-0.3, -0.25) is 9.69 Å². The van der Waals surface area contributed by atoms with Crippen LogP contribution < -0.4 is 10.1 Å². The summed E-state index contributed by atoms with van der Waals surface area (Å²) < 4.78 is 5.46. The van der Waals surface area contributed by atoms with Gasteiger partial charge in [-0.1, -0.05) is 82.0 Å². The van der Waals surface area contributed by atoms with Gasteiger partial charge in [0.25, 0.3) is 0 Å². The molecule has 7 nitrogen and oxygen atoms in total. The van der Waals surface area contributed by atoms with Crippen molar-refractivity contribution in [3.63, 3.8) is 0 Å². The molecule has 1 saturated heterocycles. The fourth-order valence-electron chi connectivity index (χ4n) is 4.93. The number of benzene rings is 2. The quantitative estimate of drug-likeness (QED) is 0.265. The summed E-state index contributed by atoms with van der Waals surface area (Å²) in [6.07, 6.45) is 11.4. The molecule has 2 aromatic rings. The number of nitrogens with one attached hydrogen (secondary N) is 1. The second-order valence-electron chi connectivity index (χ2n) is 10.5. The van der Waals surface area contributed by atoms with Crippen LogP contribution in [0.25, 0.3) is 6.08 Å². The number of para-hydroxylation sites is 1. The molecule has 1 aliphatic rings. The highest BCUT2D eigenvalue weighted by Gasteiger charge is 2.22. The molecule has 0 aliphatic carbocycles. The Morgan fingerprint density at radius 1 is 0.950 bits per heavy atom. The summed E-state index contributed by atoms with van der Waals surface area (Å²) in [4.78, 5) is 32.1. The average Bonchev–Trinajstić information content (AvgIpc) is 2.99. The van der Waals surface area contributed by atoms with E-state index in [9.17, 15) is 9.59 Å². The number of carbonyl (C=O) groups excluding carboxylic acids is 2. The minimum Gasteiger partial charge on any atom is -0.496 e. The lowest BCUT2D eigenvalue weighted by atomic mass is 10.1. The molecule has 1 fully saturated rings. The predicted octanol–water partition coefficient (Wildman–Crippen LogP) is 6.31. The van der Waals surface area contributed by atoms with Crippen molar-refractivity contribution in [2.45, 2.75) is 58.8 Å². The lowest BCUT2D eigenvalue weighted by Crippen LogP contribution is -2.51. The van der Waals surface area contributed by atoms with Crippen LogP contribution >= 0.6 is 0 Å². The molecule has 2 aromatic carbocycles. The molecule has 1 N–H and O–H groups in total. The van der Waals surface area contributed by atoms with Crippen LogP contribution in [0.5, 0.6) is 5.75 Å². The fraction of sp³-hybridized carbons (Fsp3) is 0.515. The summed E-state index contributed by atoms with van der Waals surface area (Å²) in [6, 6.07) is 15.9. The number of nitrogens with zero attached hydrogens (tertiary/aromatic N) is 3. The summed E-state index contributed by atoms with van der Waals surface area (Å²) in [5, 5.41) is 3.02. The van der Waals surface area contributed by atoms with Gasteiger partial charge in [0, 0.05) is 63.5 Å². The third-order valence-corrected chi connectivity index (χ3v) is 7.57. The smallest absolute Gasteiger partial charge is 0.321 e. The molecule has 1 aliphatic heterocycles. The first kappa shape index (κ1) is 31.2. The van der Waals surface area contributed by atoms with Crippen molar-refractivity contribution in [1.82, 2.24) is 14.7 Å². The lowest BCUT2D eigenvalue weighted by Gasteiger charge is -2.35. The van der Waals surface area contributed by atoms with Gasteiger partial charge in [-0.05, 0) is 36.6 Å². The topological polar surface area (TPSA) is 65.1 Å². The van der Waals surface area contributed by atoms with E-state index in [1.165, 1.54) is 24.8 Å². The Labute approximate surface area is 241 Å². The number of unbranched alkanes of at least 4 members (excludes halogenated alkanes) is 4. The standard InChI is InChI=1S/C33H48N4O3/c1-4-6-7-8-9-16-32(38)36(21-12-14-29-13-10-11-15-31(29)40-3)25-22-35-23-26-37(27-24-35)33(39)34-30-19-17-28(5-2)18-20-30/h10-15,17-20H,4-9,16,21-27H2,1-3H3,(H,34,39)/b14-12+. The van der Waals surface area contributed by atoms with E-state index in [1.807, 2.05) is 52.3 Å². The van der Waals surface area contributed by atoms with E-state index in [0.717, 1.165) is 55.9 Å². The van der Waals surface area contributed by atoms with E-state index in [0.29, 0.717) is 32.6 Å². The van der Waals surface area contributed by atoms with Crippen LogP contribution in [0.4, 0.5) is 10.5 Å². The van der Waals surface area contributed by atoms with E-state index in [1.54, 1.807) is 7.11 Å². The number of aryl methyl sites for hydroxylation is 1. The Bertz CT molecular complexity index is 1060. The summed E-state index contributed by atoms with van der Waals surface area (Å²) >= 11 is 0. The molecular weight excluding hydrogens is 500 g/mol. The first-order valence-electron chi connectivity index (χ1n) is 15.0. The van der Waals surface area contributed by atoms with Crippen molar-refractivity contribution in [2.75, 3.05) is 58.2 Å². The van der Waals surface area contributed by atoms with Crippen molar-refractivity contribution >= 4 is 23.7 Å². The highest BCUT2D eigenvalue weighted by atomic mass is 16.5. The number of rotatable bonds is 15. The highest BCUT2D eigenvalue weighted by Crippen LogP contribution is 2.19. The van der Waals surface area contributed by atoms with Crippen molar-refractivity contribution in [1.29, 1.82) is 0 Å². The molecule has 3 amide bonds. The summed E-state index contributed by atoms with van der Waals surface area (Å²) in [6.45, 7) is 9.35. The van der Waals surface area contributed by atoms with Gasteiger partial charge in [0.05, 0.1) is 7.11 Å². The molecule has 3 rings (SSSR count). The molecule has 1 heterocycles. The SMILES string of the molecule is CCCCCCCC(=O)N(C/C=C/c1ccccc1OC)CCN1CCN(C(=O)Nc2ccc(CC)cc2)CC1. The van der Waals surface area contributed by atoms with Crippen LogP contribution in [0.15, 0.2) is 54.6 Å². The van der Waals surface area contributed by atoms with E-state index in [2.05, 4.69) is 42.3 Å². The number of urea groups is 1. The van der Waals surface area contributed by atoms with Gasteiger partial charge < -0.3 is 19.9 Å². The fourth-order valence-corrected chi connectivity index (χ4v) is 4.93. The maximum absolute atomic E-state index is 13.2. The minimum absolute atomic E-state index is 0.0507. The molecule has 0 radical (unpaired) electrons. The molecule has 0 aromatic heterocycles. The van der Waals surface area contributed by atoms with E-state index in [4.69, 9.17) is 4.74 Å². The number of amides is 3. The Morgan fingerprint density at radius 2 is 1.68 bits per heavy atom. The zero-order valence-electron chi connectivity index (χ0n) is 24.7. The Hall–Kier alpha value is -3.32. The summed E-state index contributed by atoms with van der Waals surface area (Å²) in [5.74, 6) is 1.04. The van der Waals surface area contributed by atoms with Gasteiger partial charge in [0.2, 0.25) is 5.91 Å². The summed E-state index contributed by atoms with van der Waals surface area (Å²) in [5.41, 5.74) is 3.09. The van der Waals surface area contributed by atoms with Crippen LogP contribution in [0.3, 0.4) is 0 Å². The first-order valence-corrected chi connectivity index (χ1v) is 15.0. The van der Waals surface area contributed by atoms with Gasteiger partial charge in [-0.25, -0.2) is 4.79 Å². The van der Waals surface area contributed by atoms with Gasteiger partial charge >= 0.3 is 6.03 Å². The zero-order valence-corrected chi connectivity index (χ0v) is 24.7. The second-order valence-corrected chi connectivity index (χ2v) is 10.5. The normalized spacial score (nSPS) is 13.9. The van der Waals surface area contributed by atoms with Crippen LogP contribution in [0, 0.1) is 0 Å². The lowest BCUT2D eigenvalue weighted by molar-refractivity contribution is -0.131. The Kier molecular flexibility index (Phi) is 13.6. The van der Waals surface area contributed by atoms with Gasteiger partial charge in [0.15, 0.2) is 0 Å². The third-order valence-electron chi connectivity index (χ3n) is 7.57. The molecular formula is C33H48N4O3. The highest BCUT2D eigenvalue weighted by molar-refractivity contribution is 5.89. The first-order chi connectivity index (χ1) is 19.5. The number of hydrogen-bond donors (Lipinski definition) is 1. The van der Waals surface area contributed by atoms with Gasteiger partial charge in [0.1, 0.15) is 5.75 Å². The predicted molar refractivity (Wildman–Crippen MR) is 165 cm³/mol. The molecule has 0 unspecified atom stereocenters. The van der Waals surface area contributed by atoms with E-state index < -0.39 is 0 Å². The largest absolute Gasteiger partial charge is 0.496 e. The Balaban J connectivity index is 1.49. The maximum atomic E-state index is 13.2. The van der Waals surface area contributed by atoms with Crippen molar-refractivity contribution < 1.29 is 14.3 Å². The minimum atomic E-state index is -0.0507. The molecule has 0 bridgehead atoms. The van der Waals surface area contributed by atoms with Crippen LogP contribution in [-0.2, 0) is 11.2 Å². The number of ether oxygens (including phenoxy) is 1. The molecule has 40 heavy (non-hydrogen) atoms.